The number of halogens is 1. The van der Waals surface area contributed by atoms with Crippen LogP contribution in [-0.4, -0.2) is 38.7 Å². The summed E-state index contributed by atoms with van der Waals surface area (Å²) in [7, 11) is 0. The first-order valence-electron chi connectivity index (χ1n) is 5.65. The summed E-state index contributed by atoms with van der Waals surface area (Å²) >= 11 is 7.66. The maximum Gasteiger partial charge on any atom is 0.219 e. The maximum atomic E-state index is 8.87. The zero-order chi connectivity index (χ0) is 13.7. The summed E-state index contributed by atoms with van der Waals surface area (Å²) in [5.74, 6) is 1.45. The minimum Gasteiger partial charge on any atom is -0.390 e. The number of anilines is 1. The molecule has 0 unspecified atom stereocenters. The van der Waals surface area contributed by atoms with Gasteiger partial charge in [-0.3, -0.25) is 5.10 Å². The third-order valence-electron chi connectivity index (χ3n) is 2.32. The van der Waals surface area contributed by atoms with Crippen LogP contribution in [0.15, 0.2) is 27.0 Å². The minimum atomic E-state index is -0.0737. The smallest absolute Gasteiger partial charge is 0.219 e. The number of aliphatic hydroxyl groups excluding tert-OH is 1. The Bertz CT molecular complexity index is 537. The van der Waals surface area contributed by atoms with E-state index in [2.05, 4.69) is 25.5 Å². The lowest BCUT2D eigenvalue weighted by molar-refractivity contribution is 0.276. The van der Waals surface area contributed by atoms with Crippen molar-refractivity contribution >= 4 is 40.2 Å². The highest BCUT2D eigenvalue weighted by Gasteiger charge is 2.07. The standard InChI is InChI=1S/C11H14ClN5OS/c1-7-2-9(5-19-7)15-11(12)14-6-13-10-3-8(4-18)16-17-10/h2-3,18H,4-6H2,1H3,(H2,13,16,17)/b14-11-,15-9-. The molecule has 102 valence electrons. The molecule has 0 aromatic carbocycles. The molecule has 0 aliphatic carbocycles. The van der Waals surface area contributed by atoms with Gasteiger partial charge in [-0.2, -0.15) is 5.10 Å². The van der Waals surface area contributed by atoms with Crippen LogP contribution in [0.25, 0.3) is 0 Å². The summed E-state index contributed by atoms with van der Waals surface area (Å²) in [6.45, 7) is 2.24. The number of thioether (sulfide) groups is 1. The Morgan fingerprint density at radius 1 is 1.68 bits per heavy atom. The summed E-state index contributed by atoms with van der Waals surface area (Å²) in [5.41, 5.74) is 1.57. The molecule has 0 saturated heterocycles. The average Bonchev–Trinajstić information content (AvgIpc) is 2.98. The number of amidine groups is 1. The van der Waals surface area contributed by atoms with E-state index in [1.807, 2.05) is 13.0 Å². The van der Waals surface area contributed by atoms with Crippen LogP contribution in [0.1, 0.15) is 12.6 Å². The van der Waals surface area contributed by atoms with Gasteiger partial charge in [0.15, 0.2) is 0 Å². The van der Waals surface area contributed by atoms with Crippen LogP contribution < -0.4 is 5.32 Å². The molecule has 2 heterocycles. The molecule has 0 spiro atoms. The molecule has 8 heteroatoms. The lowest BCUT2D eigenvalue weighted by atomic mass is 10.4. The fourth-order valence-electron chi connectivity index (χ4n) is 1.44. The molecular formula is C11H14ClN5OS. The lowest BCUT2D eigenvalue weighted by Crippen LogP contribution is -2.02. The molecule has 19 heavy (non-hydrogen) atoms. The molecule has 0 saturated carbocycles. The van der Waals surface area contributed by atoms with Gasteiger partial charge in [-0.25, -0.2) is 9.98 Å². The van der Waals surface area contributed by atoms with Gasteiger partial charge in [-0.1, -0.05) is 0 Å². The Kier molecular flexibility index (Phi) is 5.00. The first kappa shape index (κ1) is 14.1. The number of aliphatic imine (C=N–C) groups is 2. The first-order chi connectivity index (χ1) is 9.17. The quantitative estimate of drug-likeness (QED) is 0.451. The summed E-state index contributed by atoms with van der Waals surface area (Å²) in [6, 6.07) is 1.70. The van der Waals surface area contributed by atoms with Gasteiger partial charge in [-0.05, 0) is 29.5 Å². The minimum absolute atomic E-state index is 0.0737. The molecule has 1 aliphatic heterocycles. The normalized spacial score (nSPS) is 17.9. The van der Waals surface area contributed by atoms with Gasteiger partial charge in [0.05, 0.1) is 18.0 Å². The second kappa shape index (κ2) is 6.74. The number of aliphatic hydroxyl groups is 1. The van der Waals surface area contributed by atoms with Gasteiger partial charge >= 0.3 is 0 Å². The van der Waals surface area contributed by atoms with Gasteiger partial charge in [0.2, 0.25) is 5.29 Å². The van der Waals surface area contributed by atoms with E-state index in [1.165, 1.54) is 4.91 Å². The molecule has 0 amide bonds. The molecule has 2 rings (SSSR count). The van der Waals surface area contributed by atoms with Crippen molar-refractivity contribution in [2.45, 2.75) is 13.5 Å². The van der Waals surface area contributed by atoms with Crippen LogP contribution in [0, 0.1) is 0 Å². The maximum absolute atomic E-state index is 8.87. The van der Waals surface area contributed by atoms with Crippen LogP contribution >= 0.6 is 23.4 Å². The van der Waals surface area contributed by atoms with Crippen molar-refractivity contribution in [3.63, 3.8) is 0 Å². The summed E-state index contributed by atoms with van der Waals surface area (Å²) in [6.07, 6.45) is 2.00. The molecule has 3 N–H and O–H groups in total. The zero-order valence-corrected chi connectivity index (χ0v) is 11.9. The molecular weight excluding hydrogens is 286 g/mol. The Morgan fingerprint density at radius 2 is 2.53 bits per heavy atom. The highest BCUT2D eigenvalue weighted by Crippen LogP contribution is 2.22. The molecule has 0 bridgehead atoms. The number of aromatic nitrogens is 2. The highest BCUT2D eigenvalue weighted by molar-refractivity contribution is 8.04. The average molecular weight is 300 g/mol. The molecule has 0 fully saturated rings. The van der Waals surface area contributed by atoms with Gasteiger partial charge < -0.3 is 10.4 Å². The molecule has 1 aromatic heterocycles. The van der Waals surface area contributed by atoms with Crippen molar-refractivity contribution in [2.24, 2.45) is 9.98 Å². The van der Waals surface area contributed by atoms with E-state index in [0.717, 1.165) is 11.5 Å². The van der Waals surface area contributed by atoms with Crippen molar-refractivity contribution in [1.29, 1.82) is 0 Å². The van der Waals surface area contributed by atoms with E-state index in [4.69, 9.17) is 16.7 Å². The Morgan fingerprint density at radius 3 is 3.16 bits per heavy atom. The Hall–Kier alpha value is -1.31. The summed E-state index contributed by atoms with van der Waals surface area (Å²) in [4.78, 5) is 9.51. The van der Waals surface area contributed by atoms with Gasteiger partial charge in [0.25, 0.3) is 0 Å². The van der Waals surface area contributed by atoms with Crippen LogP contribution in [0.3, 0.4) is 0 Å². The number of hydrogen-bond donors (Lipinski definition) is 3. The van der Waals surface area contributed by atoms with Crippen molar-refractivity contribution in [1.82, 2.24) is 10.2 Å². The van der Waals surface area contributed by atoms with Crippen molar-refractivity contribution < 1.29 is 5.11 Å². The van der Waals surface area contributed by atoms with Crippen LogP contribution in [-0.2, 0) is 6.61 Å². The topological polar surface area (TPSA) is 85.7 Å². The summed E-state index contributed by atoms with van der Waals surface area (Å²) < 4.78 is 0. The Labute approximate surface area is 120 Å². The monoisotopic (exact) mass is 299 g/mol. The third-order valence-corrected chi connectivity index (χ3v) is 3.54. The number of allylic oxidation sites excluding steroid dienone is 2. The van der Waals surface area contributed by atoms with Crippen molar-refractivity contribution in [3.8, 4) is 0 Å². The predicted octanol–water partition coefficient (Wildman–Crippen LogP) is 1.96. The van der Waals surface area contributed by atoms with E-state index >= 15 is 0 Å². The molecule has 0 radical (unpaired) electrons. The first-order valence-corrected chi connectivity index (χ1v) is 7.01. The van der Waals surface area contributed by atoms with Crippen LogP contribution in [0.5, 0.6) is 0 Å². The number of H-pyrrole nitrogens is 1. The molecule has 0 atom stereocenters. The van der Waals surface area contributed by atoms with Crippen LogP contribution in [0.4, 0.5) is 5.82 Å². The van der Waals surface area contributed by atoms with E-state index < -0.39 is 0 Å². The number of nitrogens with zero attached hydrogens (tertiary/aromatic N) is 3. The second-order valence-corrected chi connectivity index (χ2v) is 5.40. The zero-order valence-electron chi connectivity index (χ0n) is 10.4. The fourth-order valence-corrected chi connectivity index (χ4v) is 2.35. The number of nitrogens with one attached hydrogen (secondary N) is 2. The van der Waals surface area contributed by atoms with Crippen molar-refractivity contribution in [3.05, 3.63) is 22.7 Å². The second-order valence-electron chi connectivity index (χ2n) is 3.85. The number of aromatic amines is 1. The van der Waals surface area contributed by atoms with E-state index in [-0.39, 0.29) is 18.6 Å². The lowest BCUT2D eigenvalue weighted by Gasteiger charge is -1.97. The third kappa shape index (κ3) is 4.38. The van der Waals surface area contributed by atoms with E-state index in [9.17, 15) is 0 Å². The van der Waals surface area contributed by atoms with E-state index in [0.29, 0.717) is 11.5 Å². The fraction of sp³-hybridized carbons (Fsp3) is 0.364. The molecule has 6 nitrogen and oxygen atoms in total. The number of rotatable bonds is 4. The largest absolute Gasteiger partial charge is 0.390 e. The number of hydrogen-bond acceptors (Lipinski definition) is 5. The van der Waals surface area contributed by atoms with Gasteiger partial charge in [0.1, 0.15) is 12.5 Å². The molecule has 1 aliphatic rings. The predicted molar refractivity (Wildman–Crippen MR) is 79.9 cm³/mol. The van der Waals surface area contributed by atoms with Crippen molar-refractivity contribution in [2.75, 3.05) is 17.7 Å². The van der Waals surface area contributed by atoms with E-state index in [1.54, 1.807) is 17.8 Å². The summed E-state index contributed by atoms with van der Waals surface area (Å²) in [5, 5.41) is 18.7. The highest BCUT2D eigenvalue weighted by atomic mass is 35.5. The van der Waals surface area contributed by atoms with Crippen LogP contribution in [0.2, 0.25) is 0 Å². The molecule has 1 aromatic rings. The Balaban J connectivity index is 1.85. The van der Waals surface area contributed by atoms with Gasteiger partial charge in [0, 0.05) is 11.8 Å². The van der Waals surface area contributed by atoms with Gasteiger partial charge in [-0.15, -0.1) is 11.8 Å². The SMILES string of the molecule is CC1=C/C(=N/C(Cl)=N\CNc2cc(CO)[nH]n2)CS1.